The molecule has 0 radical (unpaired) electrons. The lowest BCUT2D eigenvalue weighted by molar-refractivity contribution is -0.189. The van der Waals surface area contributed by atoms with Crippen molar-refractivity contribution in [1.82, 2.24) is 5.32 Å². The van der Waals surface area contributed by atoms with Crippen LogP contribution in [-0.2, 0) is 11.2 Å². The van der Waals surface area contributed by atoms with Crippen molar-refractivity contribution in [3.05, 3.63) is 29.8 Å². The smallest absolute Gasteiger partial charge is 0.393 e. The summed E-state index contributed by atoms with van der Waals surface area (Å²) < 4.78 is 38.9. The SMILES string of the molecule is Nc1cccc(CC(=O)NC2CCCCC2C(F)(F)F)c1. The zero-order chi connectivity index (χ0) is 15.5. The van der Waals surface area contributed by atoms with Crippen molar-refractivity contribution in [1.29, 1.82) is 0 Å². The van der Waals surface area contributed by atoms with Crippen LogP contribution in [0.3, 0.4) is 0 Å². The Morgan fingerprint density at radius 2 is 2.00 bits per heavy atom. The van der Waals surface area contributed by atoms with Gasteiger partial charge in [0.05, 0.1) is 12.3 Å². The number of amides is 1. The Labute approximate surface area is 121 Å². The van der Waals surface area contributed by atoms with Gasteiger partial charge in [-0.3, -0.25) is 4.79 Å². The zero-order valence-corrected chi connectivity index (χ0v) is 11.6. The van der Waals surface area contributed by atoms with Gasteiger partial charge in [-0.1, -0.05) is 25.0 Å². The van der Waals surface area contributed by atoms with E-state index in [9.17, 15) is 18.0 Å². The summed E-state index contributed by atoms with van der Waals surface area (Å²) in [4.78, 5) is 11.9. The molecule has 0 aromatic heterocycles. The second kappa shape index (κ2) is 6.37. The maximum atomic E-state index is 13.0. The summed E-state index contributed by atoms with van der Waals surface area (Å²) in [6.45, 7) is 0. The fraction of sp³-hybridized carbons (Fsp3) is 0.533. The van der Waals surface area contributed by atoms with Gasteiger partial charge >= 0.3 is 6.18 Å². The van der Waals surface area contributed by atoms with Crippen molar-refractivity contribution in [2.75, 3.05) is 5.73 Å². The topological polar surface area (TPSA) is 55.1 Å². The summed E-state index contributed by atoms with van der Waals surface area (Å²) in [5, 5.41) is 2.54. The number of benzene rings is 1. The third-order valence-electron chi connectivity index (χ3n) is 3.85. The minimum Gasteiger partial charge on any atom is -0.399 e. The van der Waals surface area contributed by atoms with E-state index >= 15 is 0 Å². The van der Waals surface area contributed by atoms with E-state index in [1.54, 1.807) is 24.3 Å². The highest BCUT2D eigenvalue weighted by Gasteiger charge is 2.45. The van der Waals surface area contributed by atoms with E-state index in [1.807, 2.05) is 0 Å². The number of halogens is 3. The van der Waals surface area contributed by atoms with Crippen molar-refractivity contribution >= 4 is 11.6 Å². The second-order valence-electron chi connectivity index (χ2n) is 5.53. The first-order chi connectivity index (χ1) is 9.86. The molecule has 1 fully saturated rings. The van der Waals surface area contributed by atoms with Crippen molar-refractivity contribution in [3.8, 4) is 0 Å². The highest BCUT2D eigenvalue weighted by atomic mass is 19.4. The van der Waals surface area contributed by atoms with Crippen LogP contribution in [0, 0.1) is 5.92 Å². The van der Waals surface area contributed by atoms with Crippen molar-refractivity contribution < 1.29 is 18.0 Å². The average Bonchev–Trinajstić information content (AvgIpc) is 2.37. The molecule has 0 spiro atoms. The van der Waals surface area contributed by atoms with Gasteiger partial charge in [0.25, 0.3) is 0 Å². The van der Waals surface area contributed by atoms with Crippen molar-refractivity contribution in [3.63, 3.8) is 0 Å². The summed E-state index contributed by atoms with van der Waals surface area (Å²) in [5.41, 5.74) is 6.85. The van der Waals surface area contributed by atoms with E-state index in [4.69, 9.17) is 5.73 Å². The van der Waals surface area contributed by atoms with Crippen LogP contribution in [0.5, 0.6) is 0 Å². The molecule has 1 aliphatic carbocycles. The number of alkyl halides is 3. The predicted molar refractivity (Wildman–Crippen MR) is 74.5 cm³/mol. The Hall–Kier alpha value is -1.72. The van der Waals surface area contributed by atoms with Gasteiger partial charge in [0.15, 0.2) is 0 Å². The maximum Gasteiger partial charge on any atom is 0.393 e. The van der Waals surface area contributed by atoms with Gasteiger partial charge in [0.1, 0.15) is 0 Å². The number of carbonyl (C=O) groups is 1. The molecule has 3 nitrogen and oxygen atoms in total. The number of hydrogen-bond acceptors (Lipinski definition) is 2. The molecule has 0 aliphatic heterocycles. The van der Waals surface area contributed by atoms with E-state index in [-0.39, 0.29) is 18.7 Å². The Morgan fingerprint density at radius 1 is 1.29 bits per heavy atom. The van der Waals surface area contributed by atoms with Crippen LogP contribution in [0.25, 0.3) is 0 Å². The van der Waals surface area contributed by atoms with Crippen LogP contribution in [0.4, 0.5) is 18.9 Å². The number of nitrogens with one attached hydrogen (secondary N) is 1. The summed E-state index contributed by atoms with van der Waals surface area (Å²) in [5.74, 6) is -1.82. The van der Waals surface area contributed by atoms with Gasteiger partial charge in [-0.15, -0.1) is 0 Å². The summed E-state index contributed by atoms with van der Waals surface area (Å²) in [7, 11) is 0. The number of nitrogen functional groups attached to an aromatic ring is 1. The zero-order valence-electron chi connectivity index (χ0n) is 11.6. The summed E-state index contributed by atoms with van der Waals surface area (Å²) in [6.07, 6.45) is -2.46. The number of anilines is 1. The fourth-order valence-corrected chi connectivity index (χ4v) is 2.84. The Bertz CT molecular complexity index is 502. The van der Waals surface area contributed by atoms with Crippen LogP contribution < -0.4 is 11.1 Å². The number of nitrogens with two attached hydrogens (primary N) is 1. The Balaban J connectivity index is 1.97. The molecule has 1 aliphatic rings. The van der Waals surface area contributed by atoms with Gasteiger partial charge < -0.3 is 11.1 Å². The van der Waals surface area contributed by atoms with Crippen LogP contribution in [0.2, 0.25) is 0 Å². The van der Waals surface area contributed by atoms with Gasteiger partial charge in [-0.25, -0.2) is 0 Å². The van der Waals surface area contributed by atoms with Gasteiger partial charge in [0, 0.05) is 11.7 Å². The number of carbonyl (C=O) groups excluding carboxylic acids is 1. The molecule has 2 atom stereocenters. The van der Waals surface area contributed by atoms with Gasteiger partial charge in [-0.05, 0) is 30.5 Å². The van der Waals surface area contributed by atoms with Crippen LogP contribution >= 0.6 is 0 Å². The Morgan fingerprint density at radius 3 is 2.67 bits per heavy atom. The van der Waals surface area contributed by atoms with E-state index in [0.717, 1.165) is 6.42 Å². The maximum absolute atomic E-state index is 13.0. The molecule has 2 rings (SSSR count). The quantitative estimate of drug-likeness (QED) is 0.843. The monoisotopic (exact) mass is 300 g/mol. The van der Waals surface area contributed by atoms with Crippen LogP contribution in [0.1, 0.15) is 31.2 Å². The van der Waals surface area contributed by atoms with Crippen molar-refractivity contribution in [2.24, 2.45) is 5.92 Å². The lowest BCUT2D eigenvalue weighted by atomic mass is 9.84. The molecule has 0 bridgehead atoms. The van der Waals surface area contributed by atoms with Crippen LogP contribution in [-0.4, -0.2) is 18.1 Å². The van der Waals surface area contributed by atoms with E-state index in [1.165, 1.54) is 0 Å². The highest BCUT2D eigenvalue weighted by Crippen LogP contribution is 2.37. The molecule has 1 aromatic rings. The van der Waals surface area contributed by atoms with E-state index < -0.39 is 18.1 Å². The van der Waals surface area contributed by atoms with Crippen molar-refractivity contribution in [2.45, 2.75) is 44.3 Å². The molecule has 1 saturated carbocycles. The Kier molecular flexibility index (Phi) is 4.75. The first kappa shape index (κ1) is 15.7. The minimum atomic E-state index is -4.25. The third kappa shape index (κ3) is 4.37. The predicted octanol–water partition coefficient (Wildman–Crippen LogP) is 3.05. The molecule has 21 heavy (non-hydrogen) atoms. The highest BCUT2D eigenvalue weighted by molar-refractivity contribution is 5.79. The standard InChI is InChI=1S/C15H19F3N2O/c16-15(17,18)12-6-1-2-7-13(12)20-14(21)9-10-4-3-5-11(19)8-10/h3-5,8,12-13H,1-2,6-7,9,19H2,(H,20,21). The molecule has 1 aromatic carbocycles. The molecule has 1 amide bonds. The molecule has 3 N–H and O–H groups in total. The van der Waals surface area contributed by atoms with E-state index in [2.05, 4.69) is 5.32 Å². The lowest BCUT2D eigenvalue weighted by Crippen LogP contribution is -2.48. The lowest BCUT2D eigenvalue weighted by Gasteiger charge is -2.33. The fourth-order valence-electron chi connectivity index (χ4n) is 2.84. The van der Waals surface area contributed by atoms with E-state index in [0.29, 0.717) is 24.1 Å². The summed E-state index contributed by atoms with van der Waals surface area (Å²) >= 11 is 0. The largest absolute Gasteiger partial charge is 0.399 e. The third-order valence-corrected chi connectivity index (χ3v) is 3.85. The van der Waals surface area contributed by atoms with Gasteiger partial charge in [0.2, 0.25) is 5.91 Å². The summed E-state index contributed by atoms with van der Waals surface area (Å²) in [6, 6.07) is 5.99. The number of hydrogen-bond donors (Lipinski definition) is 2. The average molecular weight is 300 g/mol. The molecule has 116 valence electrons. The number of rotatable bonds is 3. The van der Waals surface area contributed by atoms with Gasteiger partial charge in [-0.2, -0.15) is 13.2 Å². The second-order valence-corrected chi connectivity index (χ2v) is 5.53. The minimum absolute atomic E-state index is 0.0477. The molecule has 6 heteroatoms. The molecule has 2 unspecified atom stereocenters. The normalized spacial score (nSPS) is 22.8. The first-order valence-corrected chi connectivity index (χ1v) is 7.07. The molecular formula is C15H19F3N2O. The molecule has 0 heterocycles. The molecule has 0 saturated heterocycles. The first-order valence-electron chi connectivity index (χ1n) is 7.07. The molecular weight excluding hydrogens is 281 g/mol. The van der Waals surface area contributed by atoms with Crippen LogP contribution in [0.15, 0.2) is 24.3 Å².